The van der Waals surface area contributed by atoms with E-state index in [4.69, 9.17) is 0 Å². The molecule has 1 fully saturated rings. The molecule has 0 aliphatic carbocycles. The number of fused-ring (bicyclic) bond motifs is 1. The van der Waals surface area contributed by atoms with Crippen molar-refractivity contribution in [2.24, 2.45) is 0 Å². The van der Waals surface area contributed by atoms with Crippen molar-refractivity contribution in [3.05, 3.63) is 29.0 Å². The third-order valence-electron chi connectivity index (χ3n) is 3.34. The van der Waals surface area contributed by atoms with E-state index in [-0.39, 0.29) is 5.82 Å². The van der Waals surface area contributed by atoms with Crippen LogP contribution in [0.3, 0.4) is 0 Å². The number of nitrogens with one attached hydrogen (secondary N) is 1. The minimum absolute atomic E-state index is 0.201. The van der Waals surface area contributed by atoms with Gasteiger partial charge in [-0.05, 0) is 38.4 Å². The number of aromatic nitrogens is 1. The van der Waals surface area contributed by atoms with Crippen LogP contribution in [0.1, 0.15) is 30.7 Å². The molecule has 0 amide bonds. The van der Waals surface area contributed by atoms with Gasteiger partial charge in [0.25, 0.3) is 0 Å². The van der Waals surface area contributed by atoms with E-state index in [9.17, 15) is 4.39 Å². The molecule has 1 aliphatic rings. The standard InChI is InChI=1S/C13H15FN2S/c1-8-6-9(4-5-15-8)13-16-11-7-10(14)2-3-12(11)17-13/h2-3,7-9,15H,4-6H2,1H3. The number of benzene rings is 1. The topological polar surface area (TPSA) is 24.9 Å². The average Bonchev–Trinajstić information content (AvgIpc) is 2.72. The molecule has 1 saturated heterocycles. The number of thiazole rings is 1. The zero-order valence-electron chi connectivity index (χ0n) is 9.74. The Balaban J connectivity index is 1.94. The summed E-state index contributed by atoms with van der Waals surface area (Å²) in [6, 6.07) is 5.42. The second-order valence-electron chi connectivity index (χ2n) is 4.74. The summed E-state index contributed by atoms with van der Waals surface area (Å²) < 4.78 is 14.2. The van der Waals surface area contributed by atoms with Gasteiger partial charge in [-0.1, -0.05) is 0 Å². The Morgan fingerprint density at radius 2 is 2.35 bits per heavy atom. The van der Waals surface area contributed by atoms with Gasteiger partial charge >= 0.3 is 0 Å². The molecule has 0 saturated carbocycles. The van der Waals surface area contributed by atoms with Gasteiger partial charge in [-0.2, -0.15) is 0 Å². The van der Waals surface area contributed by atoms with E-state index >= 15 is 0 Å². The zero-order valence-corrected chi connectivity index (χ0v) is 10.6. The summed E-state index contributed by atoms with van der Waals surface area (Å²) in [4.78, 5) is 4.58. The molecule has 2 heterocycles. The highest BCUT2D eigenvalue weighted by Gasteiger charge is 2.22. The Bertz CT molecular complexity index is 537. The van der Waals surface area contributed by atoms with Gasteiger partial charge in [0.05, 0.1) is 15.2 Å². The highest BCUT2D eigenvalue weighted by Crippen LogP contribution is 2.33. The molecule has 2 unspecified atom stereocenters. The number of piperidine rings is 1. The first-order valence-electron chi connectivity index (χ1n) is 6.02. The third kappa shape index (κ3) is 2.19. The van der Waals surface area contributed by atoms with E-state index in [2.05, 4.69) is 17.2 Å². The number of hydrogen-bond donors (Lipinski definition) is 1. The first kappa shape index (κ1) is 11.1. The van der Waals surface area contributed by atoms with Crippen LogP contribution in [0.5, 0.6) is 0 Å². The average molecular weight is 250 g/mol. The van der Waals surface area contributed by atoms with Crippen molar-refractivity contribution < 1.29 is 4.39 Å². The molecule has 0 radical (unpaired) electrons. The summed E-state index contributed by atoms with van der Waals surface area (Å²) in [5.41, 5.74) is 0.802. The fourth-order valence-corrected chi connectivity index (χ4v) is 3.54. The maximum Gasteiger partial charge on any atom is 0.125 e. The predicted molar refractivity (Wildman–Crippen MR) is 69.0 cm³/mol. The van der Waals surface area contributed by atoms with Crippen LogP contribution in [-0.4, -0.2) is 17.6 Å². The summed E-state index contributed by atoms with van der Waals surface area (Å²) in [5.74, 6) is 0.333. The molecule has 1 N–H and O–H groups in total. The van der Waals surface area contributed by atoms with Gasteiger partial charge in [-0.3, -0.25) is 0 Å². The van der Waals surface area contributed by atoms with Gasteiger partial charge in [0.15, 0.2) is 0 Å². The van der Waals surface area contributed by atoms with Crippen LogP contribution in [0.4, 0.5) is 4.39 Å². The number of halogens is 1. The fraction of sp³-hybridized carbons (Fsp3) is 0.462. The molecule has 90 valence electrons. The van der Waals surface area contributed by atoms with Gasteiger partial charge in [0.2, 0.25) is 0 Å². The zero-order chi connectivity index (χ0) is 11.8. The van der Waals surface area contributed by atoms with Crippen molar-refractivity contribution in [3.8, 4) is 0 Å². The van der Waals surface area contributed by atoms with Crippen molar-refractivity contribution in [2.75, 3.05) is 6.54 Å². The molecule has 2 aromatic rings. The largest absolute Gasteiger partial charge is 0.314 e. The Kier molecular flexibility index (Phi) is 2.84. The van der Waals surface area contributed by atoms with Crippen LogP contribution in [0.2, 0.25) is 0 Å². The minimum atomic E-state index is -0.201. The van der Waals surface area contributed by atoms with E-state index in [1.54, 1.807) is 11.3 Å². The molecule has 1 aromatic heterocycles. The highest BCUT2D eigenvalue weighted by atomic mass is 32.1. The smallest absolute Gasteiger partial charge is 0.125 e. The number of rotatable bonds is 1. The van der Waals surface area contributed by atoms with Crippen LogP contribution in [-0.2, 0) is 0 Å². The van der Waals surface area contributed by atoms with E-state index in [1.165, 1.54) is 17.1 Å². The van der Waals surface area contributed by atoms with Gasteiger partial charge < -0.3 is 5.32 Å². The molecular formula is C13H15FN2S. The summed E-state index contributed by atoms with van der Waals surface area (Å²) in [5, 5.41) is 4.61. The van der Waals surface area contributed by atoms with Crippen LogP contribution in [0.25, 0.3) is 10.2 Å². The van der Waals surface area contributed by atoms with Crippen molar-refractivity contribution in [2.45, 2.75) is 31.7 Å². The Hall–Kier alpha value is -1.00. The van der Waals surface area contributed by atoms with E-state index < -0.39 is 0 Å². The monoisotopic (exact) mass is 250 g/mol. The highest BCUT2D eigenvalue weighted by molar-refractivity contribution is 7.18. The van der Waals surface area contributed by atoms with Crippen molar-refractivity contribution in [1.82, 2.24) is 10.3 Å². The maximum absolute atomic E-state index is 13.1. The lowest BCUT2D eigenvalue weighted by atomic mass is 9.94. The van der Waals surface area contributed by atoms with Crippen molar-refractivity contribution in [3.63, 3.8) is 0 Å². The second kappa shape index (κ2) is 4.35. The molecule has 1 aliphatic heterocycles. The molecule has 1 aromatic carbocycles. The van der Waals surface area contributed by atoms with Gasteiger partial charge in [0.1, 0.15) is 5.82 Å². The van der Waals surface area contributed by atoms with E-state index in [0.717, 1.165) is 29.6 Å². The summed E-state index contributed by atoms with van der Waals surface area (Å²) in [7, 11) is 0. The Labute approximate surface area is 104 Å². The van der Waals surface area contributed by atoms with E-state index in [1.807, 2.05) is 6.07 Å². The predicted octanol–water partition coefficient (Wildman–Crippen LogP) is 3.29. The van der Waals surface area contributed by atoms with Gasteiger partial charge in [0, 0.05) is 18.0 Å². The second-order valence-corrected chi connectivity index (χ2v) is 5.80. The van der Waals surface area contributed by atoms with Gasteiger partial charge in [-0.15, -0.1) is 11.3 Å². The van der Waals surface area contributed by atoms with Crippen LogP contribution >= 0.6 is 11.3 Å². The normalized spacial score (nSPS) is 25.3. The van der Waals surface area contributed by atoms with Crippen LogP contribution in [0, 0.1) is 5.82 Å². The van der Waals surface area contributed by atoms with Crippen LogP contribution in [0.15, 0.2) is 18.2 Å². The lowest BCUT2D eigenvalue weighted by Gasteiger charge is -2.26. The first-order valence-corrected chi connectivity index (χ1v) is 6.83. The quantitative estimate of drug-likeness (QED) is 0.840. The van der Waals surface area contributed by atoms with E-state index in [0.29, 0.717) is 12.0 Å². The molecule has 4 heteroatoms. The Morgan fingerprint density at radius 1 is 1.47 bits per heavy atom. The lowest BCUT2D eigenvalue weighted by molar-refractivity contribution is 0.381. The first-order chi connectivity index (χ1) is 8.22. The fourth-order valence-electron chi connectivity index (χ4n) is 2.45. The van der Waals surface area contributed by atoms with Crippen molar-refractivity contribution in [1.29, 1.82) is 0 Å². The third-order valence-corrected chi connectivity index (χ3v) is 4.54. The molecule has 3 rings (SSSR count). The van der Waals surface area contributed by atoms with Gasteiger partial charge in [-0.25, -0.2) is 9.37 Å². The molecule has 2 atom stereocenters. The molecule has 0 spiro atoms. The number of hydrogen-bond acceptors (Lipinski definition) is 3. The van der Waals surface area contributed by atoms with Crippen LogP contribution < -0.4 is 5.32 Å². The lowest BCUT2D eigenvalue weighted by Crippen LogP contribution is -2.34. The molecule has 0 bridgehead atoms. The summed E-state index contributed by atoms with van der Waals surface area (Å²) in [6.07, 6.45) is 2.26. The number of nitrogens with zero attached hydrogens (tertiary/aromatic N) is 1. The molecule has 2 nitrogen and oxygen atoms in total. The SMILES string of the molecule is CC1CC(c2nc3cc(F)ccc3s2)CCN1. The molecule has 17 heavy (non-hydrogen) atoms. The summed E-state index contributed by atoms with van der Waals surface area (Å²) in [6.45, 7) is 3.26. The summed E-state index contributed by atoms with van der Waals surface area (Å²) >= 11 is 1.71. The minimum Gasteiger partial charge on any atom is -0.314 e. The molecular weight excluding hydrogens is 235 g/mol. The Morgan fingerprint density at radius 3 is 3.18 bits per heavy atom. The van der Waals surface area contributed by atoms with Crippen molar-refractivity contribution >= 4 is 21.6 Å². The maximum atomic E-state index is 13.1.